The Morgan fingerprint density at radius 1 is 1.22 bits per heavy atom. The average Bonchev–Trinajstić information content (AvgIpc) is 2.38. The summed E-state index contributed by atoms with van der Waals surface area (Å²) in [4.78, 5) is 26.2. The number of carbonyl (C=O) groups is 1. The third-order valence-electron chi connectivity index (χ3n) is 2.44. The van der Waals surface area contributed by atoms with Gasteiger partial charge in [-0.05, 0) is 18.2 Å². The van der Waals surface area contributed by atoms with E-state index in [1.807, 2.05) is 0 Å². The maximum Gasteiger partial charge on any atom is 0.282 e. The summed E-state index contributed by atoms with van der Waals surface area (Å²) in [5.74, 6) is -0.484. The topological polar surface area (TPSA) is 99.1 Å². The molecule has 2 rings (SSSR count). The zero-order chi connectivity index (χ0) is 13.1. The van der Waals surface area contributed by atoms with Crippen LogP contribution in [0.15, 0.2) is 42.7 Å². The molecule has 0 bridgehead atoms. The molecule has 0 spiro atoms. The smallest absolute Gasteiger partial charge is 0.282 e. The van der Waals surface area contributed by atoms with Crippen LogP contribution >= 0.6 is 0 Å². The normalized spacial score (nSPS) is 10.0. The largest absolute Gasteiger partial charge is 0.398 e. The predicted octanol–water partition coefficient (Wildman–Crippen LogP) is 1.80. The van der Waals surface area contributed by atoms with Crippen molar-refractivity contribution in [3.05, 3.63) is 64.0 Å². The van der Waals surface area contributed by atoms with Crippen LogP contribution < -0.4 is 5.73 Å². The molecule has 90 valence electrons. The van der Waals surface area contributed by atoms with E-state index in [-0.39, 0.29) is 16.9 Å². The molecule has 2 N–H and O–H groups in total. The van der Waals surface area contributed by atoms with Crippen molar-refractivity contribution in [2.24, 2.45) is 0 Å². The van der Waals surface area contributed by atoms with Gasteiger partial charge in [0.05, 0.1) is 4.92 Å². The van der Waals surface area contributed by atoms with Crippen LogP contribution in [0.5, 0.6) is 0 Å². The van der Waals surface area contributed by atoms with Gasteiger partial charge in [-0.15, -0.1) is 0 Å². The monoisotopic (exact) mass is 243 g/mol. The third-order valence-corrected chi connectivity index (χ3v) is 2.44. The number of hydrogen-bond donors (Lipinski definition) is 1. The quantitative estimate of drug-likeness (QED) is 0.383. The number of ketones is 1. The number of aromatic nitrogens is 1. The first-order valence-corrected chi connectivity index (χ1v) is 5.09. The zero-order valence-corrected chi connectivity index (χ0v) is 9.24. The highest BCUT2D eigenvalue weighted by Crippen LogP contribution is 2.26. The lowest BCUT2D eigenvalue weighted by Crippen LogP contribution is -2.09. The van der Waals surface area contributed by atoms with E-state index < -0.39 is 10.7 Å². The molecule has 2 aromatic rings. The van der Waals surface area contributed by atoms with E-state index in [0.717, 1.165) is 0 Å². The van der Waals surface area contributed by atoms with Gasteiger partial charge in [0, 0.05) is 29.7 Å². The SMILES string of the molecule is Nc1cccc([N+](=O)[O-])c1C(=O)c1ccncc1. The van der Waals surface area contributed by atoms with E-state index in [1.54, 1.807) is 0 Å². The Hall–Kier alpha value is -2.76. The molecule has 0 aliphatic heterocycles. The van der Waals surface area contributed by atoms with Gasteiger partial charge in [0.25, 0.3) is 5.69 Å². The molecule has 0 aliphatic carbocycles. The Bertz CT molecular complexity index is 611. The first-order valence-electron chi connectivity index (χ1n) is 5.09. The van der Waals surface area contributed by atoms with Gasteiger partial charge < -0.3 is 5.73 Å². The number of anilines is 1. The first-order chi connectivity index (χ1) is 8.61. The van der Waals surface area contributed by atoms with Gasteiger partial charge in [0.15, 0.2) is 0 Å². The maximum absolute atomic E-state index is 12.2. The second-order valence-corrected chi connectivity index (χ2v) is 3.56. The summed E-state index contributed by atoms with van der Waals surface area (Å²) in [6, 6.07) is 7.13. The fourth-order valence-electron chi connectivity index (χ4n) is 1.60. The van der Waals surface area contributed by atoms with E-state index in [9.17, 15) is 14.9 Å². The summed E-state index contributed by atoms with van der Waals surface area (Å²) >= 11 is 0. The van der Waals surface area contributed by atoms with Crippen LogP contribution in [0.1, 0.15) is 15.9 Å². The van der Waals surface area contributed by atoms with Crippen LogP contribution in [-0.4, -0.2) is 15.7 Å². The summed E-state index contributed by atoms with van der Waals surface area (Å²) in [5.41, 5.74) is 5.67. The number of benzene rings is 1. The van der Waals surface area contributed by atoms with E-state index in [1.165, 1.54) is 42.7 Å². The van der Waals surface area contributed by atoms with Crippen molar-refractivity contribution in [2.75, 3.05) is 5.73 Å². The molecule has 0 saturated heterocycles. The lowest BCUT2D eigenvalue weighted by atomic mass is 10.0. The molecule has 1 aromatic heterocycles. The third kappa shape index (κ3) is 2.03. The van der Waals surface area contributed by atoms with Gasteiger partial charge >= 0.3 is 0 Å². The van der Waals surface area contributed by atoms with Gasteiger partial charge in [-0.2, -0.15) is 0 Å². The van der Waals surface area contributed by atoms with E-state index >= 15 is 0 Å². The highest BCUT2D eigenvalue weighted by molar-refractivity contribution is 6.14. The van der Waals surface area contributed by atoms with Crippen LogP contribution in [0, 0.1) is 10.1 Å². The lowest BCUT2D eigenvalue weighted by Gasteiger charge is -2.05. The van der Waals surface area contributed by atoms with Crippen molar-refractivity contribution in [3.8, 4) is 0 Å². The lowest BCUT2D eigenvalue weighted by molar-refractivity contribution is -0.385. The molecule has 1 aromatic carbocycles. The molecule has 6 heteroatoms. The molecule has 0 fully saturated rings. The molecular formula is C12H9N3O3. The number of rotatable bonds is 3. The number of carbonyl (C=O) groups excluding carboxylic acids is 1. The standard InChI is InChI=1S/C12H9N3O3/c13-9-2-1-3-10(15(17)18)11(9)12(16)8-4-6-14-7-5-8/h1-7H,13H2. The molecule has 1 heterocycles. The van der Waals surface area contributed by atoms with Crippen LogP contribution in [0.4, 0.5) is 11.4 Å². The molecule has 18 heavy (non-hydrogen) atoms. The molecule has 0 radical (unpaired) electrons. The van der Waals surface area contributed by atoms with Crippen LogP contribution in [0.25, 0.3) is 0 Å². The molecule has 0 unspecified atom stereocenters. The number of pyridine rings is 1. The Morgan fingerprint density at radius 2 is 1.89 bits per heavy atom. The predicted molar refractivity (Wildman–Crippen MR) is 65.2 cm³/mol. The highest BCUT2D eigenvalue weighted by atomic mass is 16.6. The second-order valence-electron chi connectivity index (χ2n) is 3.56. The number of nitrogens with two attached hydrogens (primary N) is 1. The van der Waals surface area contributed by atoms with Crippen LogP contribution in [0.2, 0.25) is 0 Å². The second kappa shape index (κ2) is 4.62. The molecule has 0 amide bonds. The maximum atomic E-state index is 12.2. The number of nitro groups is 1. The van der Waals surface area contributed by atoms with Gasteiger partial charge in [0.1, 0.15) is 5.56 Å². The number of nitrogen functional groups attached to an aromatic ring is 1. The van der Waals surface area contributed by atoms with Gasteiger partial charge in [-0.3, -0.25) is 19.9 Å². The summed E-state index contributed by atoms with van der Waals surface area (Å²) in [5, 5.41) is 10.9. The molecule has 0 aliphatic rings. The Labute approximate surface area is 102 Å². The van der Waals surface area contributed by atoms with Gasteiger partial charge in [-0.1, -0.05) is 6.07 Å². The summed E-state index contributed by atoms with van der Waals surface area (Å²) in [7, 11) is 0. The molecular weight excluding hydrogens is 234 g/mol. The fourth-order valence-corrected chi connectivity index (χ4v) is 1.60. The van der Waals surface area contributed by atoms with Crippen LogP contribution in [-0.2, 0) is 0 Å². The Kier molecular flexibility index (Phi) is 3.01. The van der Waals surface area contributed by atoms with Gasteiger partial charge in [0.2, 0.25) is 5.78 Å². The molecule has 6 nitrogen and oxygen atoms in total. The minimum absolute atomic E-state index is 0.0889. The van der Waals surface area contributed by atoms with Crippen molar-refractivity contribution < 1.29 is 9.72 Å². The average molecular weight is 243 g/mol. The van der Waals surface area contributed by atoms with Crippen molar-refractivity contribution in [2.45, 2.75) is 0 Å². The highest BCUT2D eigenvalue weighted by Gasteiger charge is 2.23. The minimum atomic E-state index is -0.620. The van der Waals surface area contributed by atoms with Gasteiger partial charge in [-0.25, -0.2) is 0 Å². The summed E-state index contributed by atoms with van der Waals surface area (Å²) in [6.45, 7) is 0. The van der Waals surface area contributed by atoms with Crippen molar-refractivity contribution in [1.82, 2.24) is 4.98 Å². The fraction of sp³-hybridized carbons (Fsp3) is 0. The Morgan fingerprint density at radius 3 is 2.50 bits per heavy atom. The van der Waals surface area contributed by atoms with Crippen molar-refractivity contribution in [3.63, 3.8) is 0 Å². The molecule has 0 atom stereocenters. The van der Waals surface area contributed by atoms with E-state index in [0.29, 0.717) is 5.56 Å². The number of nitro benzene ring substituents is 1. The number of nitrogens with zero attached hydrogens (tertiary/aromatic N) is 2. The van der Waals surface area contributed by atoms with E-state index in [2.05, 4.69) is 4.98 Å². The van der Waals surface area contributed by atoms with Crippen molar-refractivity contribution in [1.29, 1.82) is 0 Å². The Balaban J connectivity index is 2.58. The van der Waals surface area contributed by atoms with Crippen molar-refractivity contribution >= 4 is 17.2 Å². The van der Waals surface area contributed by atoms with Crippen LogP contribution in [0.3, 0.4) is 0 Å². The molecule has 0 saturated carbocycles. The number of hydrogen-bond acceptors (Lipinski definition) is 5. The first kappa shape index (κ1) is 11.7. The summed E-state index contributed by atoms with van der Waals surface area (Å²) in [6.07, 6.45) is 2.89. The van der Waals surface area contributed by atoms with E-state index in [4.69, 9.17) is 5.73 Å². The minimum Gasteiger partial charge on any atom is -0.398 e. The zero-order valence-electron chi connectivity index (χ0n) is 9.24. The summed E-state index contributed by atoms with van der Waals surface area (Å²) < 4.78 is 0.